The minimum absolute atomic E-state index is 0.0416. The lowest BCUT2D eigenvalue weighted by atomic mass is 9.98. The van der Waals surface area contributed by atoms with Gasteiger partial charge >= 0.3 is 0 Å². The molecule has 2 nitrogen and oxygen atoms in total. The van der Waals surface area contributed by atoms with E-state index >= 15 is 0 Å². The van der Waals surface area contributed by atoms with Crippen molar-refractivity contribution in [2.45, 2.75) is 6.42 Å². The van der Waals surface area contributed by atoms with Crippen LogP contribution >= 0.6 is 0 Å². The summed E-state index contributed by atoms with van der Waals surface area (Å²) in [7, 11) is 0. The third-order valence-electron chi connectivity index (χ3n) is 2.10. The Morgan fingerprint density at radius 2 is 2.25 bits per heavy atom. The number of fused-ring (bicyclic) bond motifs is 1. The van der Waals surface area contributed by atoms with Gasteiger partial charge in [-0.2, -0.15) is 0 Å². The van der Waals surface area contributed by atoms with Crippen LogP contribution in [0.2, 0.25) is 0 Å². The second kappa shape index (κ2) is 2.97. The van der Waals surface area contributed by atoms with Crippen LogP contribution in [0, 0.1) is 5.92 Å². The van der Waals surface area contributed by atoms with Gasteiger partial charge in [-0.1, -0.05) is 18.2 Å². The average Bonchev–Trinajstić information content (AvgIpc) is 2.17. The number of hydrogen-bond acceptors (Lipinski definition) is 2. The van der Waals surface area contributed by atoms with Crippen LogP contribution < -0.4 is 4.74 Å². The molecule has 0 aromatic heterocycles. The van der Waals surface area contributed by atoms with E-state index in [-0.39, 0.29) is 5.92 Å². The molecule has 2 heteroatoms. The molecule has 1 unspecified atom stereocenters. The Morgan fingerprint density at radius 3 is 3.08 bits per heavy atom. The predicted octanol–water partition coefficient (Wildman–Crippen LogP) is 1.44. The molecule has 1 heterocycles. The molecule has 0 bridgehead atoms. The quantitative estimate of drug-likeness (QED) is 0.584. The molecule has 1 atom stereocenters. The molecular weight excluding hydrogens is 152 g/mol. The van der Waals surface area contributed by atoms with Crippen LogP contribution in [0.15, 0.2) is 24.3 Å². The van der Waals surface area contributed by atoms with Crippen LogP contribution in [0.25, 0.3) is 0 Å². The topological polar surface area (TPSA) is 26.3 Å². The van der Waals surface area contributed by atoms with E-state index in [2.05, 4.69) is 0 Å². The average molecular weight is 162 g/mol. The first kappa shape index (κ1) is 7.35. The van der Waals surface area contributed by atoms with Crippen LogP contribution in [0.5, 0.6) is 5.75 Å². The summed E-state index contributed by atoms with van der Waals surface area (Å²) >= 11 is 0. The predicted molar refractivity (Wildman–Crippen MR) is 45.2 cm³/mol. The summed E-state index contributed by atoms with van der Waals surface area (Å²) in [4.78, 5) is 10.5. The normalized spacial score (nSPS) is 20.8. The summed E-state index contributed by atoms with van der Waals surface area (Å²) in [6.07, 6.45) is 1.79. The molecule has 0 fully saturated rings. The molecule has 0 radical (unpaired) electrons. The maximum absolute atomic E-state index is 10.5. The lowest BCUT2D eigenvalue weighted by Crippen LogP contribution is -2.21. The van der Waals surface area contributed by atoms with E-state index in [9.17, 15) is 4.79 Å². The largest absolute Gasteiger partial charge is 0.493 e. The summed E-state index contributed by atoms with van der Waals surface area (Å²) in [6.45, 7) is 0.528. The molecule has 1 aromatic rings. The first-order valence-corrected chi connectivity index (χ1v) is 4.06. The van der Waals surface area contributed by atoms with Crippen molar-refractivity contribution in [2.75, 3.05) is 6.61 Å². The van der Waals surface area contributed by atoms with E-state index in [1.54, 1.807) is 0 Å². The molecule has 12 heavy (non-hydrogen) atoms. The highest BCUT2D eigenvalue weighted by molar-refractivity contribution is 5.56. The van der Waals surface area contributed by atoms with Crippen molar-refractivity contribution in [3.63, 3.8) is 0 Å². The molecular formula is C10H10O2. The molecule has 62 valence electrons. The van der Waals surface area contributed by atoms with E-state index < -0.39 is 0 Å². The summed E-state index contributed by atoms with van der Waals surface area (Å²) in [5.74, 6) is 0.968. The highest BCUT2D eigenvalue weighted by Crippen LogP contribution is 2.25. The lowest BCUT2D eigenvalue weighted by Gasteiger charge is -2.20. The van der Waals surface area contributed by atoms with E-state index in [1.165, 1.54) is 0 Å². The van der Waals surface area contributed by atoms with Crippen LogP contribution in [0.4, 0.5) is 0 Å². The minimum Gasteiger partial charge on any atom is -0.493 e. The van der Waals surface area contributed by atoms with E-state index in [1.807, 2.05) is 24.3 Å². The third-order valence-corrected chi connectivity index (χ3v) is 2.10. The van der Waals surface area contributed by atoms with Gasteiger partial charge in [0.2, 0.25) is 0 Å². The van der Waals surface area contributed by atoms with Crippen molar-refractivity contribution in [1.29, 1.82) is 0 Å². The number of rotatable bonds is 1. The molecule has 0 amide bonds. The van der Waals surface area contributed by atoms with Gasteiger partial charge in [-0.25, -0.2) is 0 Å². The molecule has 2 rings (SSSR count). The first-order chi connectivity index (χ1) is 5.90. The SMILES string of the molecule is O=CC1COc2ccccc2C1. The maximum Gasteiger partial charge on any atom is 0.126 e. The number of hydrogen-bond donors (Lipinski definition) is 0. The van der Waals surface area contributed by atoms with Crippen molar-refractivity contribution in [3.8, 4) is 5.75 Å². The number of ether oxygens (including phenoxy) is 1. The van der Waals surface area contributed by atoms with Gasteiger partial charge < -0.3 is 9.53 Å². The molecule has 0 spiro atoms. The van der Waals surface area contributed by atoms with Gasteiger partial charge in [0.05, 0.1) is 12.5 Å². The Balaban J connectivity index is 2.28. The fraction of sp³-hybridized carbons (Fsp3) is 0.300. The molecule has 0 saturated carbocycles. The van der Waals surface area contributed by atoms with Gasteiger partial charge in [-0.05, 0) is 18.1 Å². The molecule has 1 aliphatic rings. The van der Waals surface area contributed by atoms with E-state index in [0.29, 0.717) is 6.61 Å². The van der Waals surface area contributed by atoms with Gasteiger partial charge in [0.1, 0.15) is 12.0 Å². The second-order valence-electron chi connectivity index (χ2n) is 3.02. The van der Waals surface area contributed by atoms with Gasteiger partial charge in [-0.3, -0.25) is 0 Å². The first-order valence-electron chi connectivity index (χ1n) is 4.06. The molecule has 0 saturated heterocycles. The van der Waals surface area contributed by atoms with Crippen molar-refractivity contribution >= 4 is 6.29 Å². The Morgan fingerprint density at radius 1 is 1.42 bits per heavy atom. The zero-order chi connectivity index (χ0) is 8.39. The van der Waals surface area contributed by atoms with E-state index in [0.717, 1.165) is 24.0 Å². The van der Waals surface area contributed by atoms with Gasteiger partial charge in [0.15, 0.2) is 0 Å². The molecule has 1 aliphatic heterocycles. The smallest absolute Gasteiger partial charge is 0.126 e. The Hall–Kier alpha value is -1.31. The van der Waals surface area contributed by atoms with Gasteiger partial charge in [0, 0.05) is 0 Å². The molecule has 0 aliphatic carbocycles. The minimum atomic E-state index is 0.0416. The van der Waals surface area contributed by atoms with Crippen molar-refractivity contribution < 1.29 is 9.53 Å². The molecule has 1 aromatic carbocycles. The van der Waals surface area contributed by atoms with Crippen LogP contribution in [-0.4, -0.2) is 12.9 Å². The number of para-hydroxylation sites is 1. The number of benzene rings is 1. The Kier molecular flexibility index (Phi) is 1.82. The molecule has 0 N–H and O–H groups in total. The second-order valence-corrected chi connectivity index (χ2v) is 3.02. The highest BCUT2D eigenvalue weighted by atomic mass is 16.5. The lowest BCUT2D eigenvalue weighted by molar-refractivity contribution is -0.112. The summed E-state index contributed by atoms with van der Waals surface area (Å²) in [5.41, 5.74) is 1.14. The van der Waals surface area contributed by atoms with Crippen LogP contribution in [0.3, 0.4) is 0 Å². The van der Waals surface area contributed by atoms with Crippen molar-refractivity contribution in [2.24, 2.45) is 5.92 Å². The number of carbonyl (C=O) groups is 1. The van der Waals surface area contributed by atoms with Gasteiger partial charge in [-0.15, -0.1) is 0 Å². The van der Waals surface area contributed by atoms with Crippen molar-refractivity contribution in [3.05, 3.63) is 29.8 Å². The fourth-order valence-electron chi connectivity index (χ4n) is 1.44. The van der Waals surface area contributed by atoms with E-state index in [4.69, 9.17) is 4.74 Å². The Bertz CT molecular complexity index is 294. The van der Waals surface area contributed by atoms with Gasteiger partial charge in [0.25, 0.3) is 0 Å². The zero-order valence-corrected chi connectivity index (χ0v) is 6.69. The van der Waals surface area contributed by atoms with Crippen LogP contribution in [0.1, 0.15) is 5.56 Å². The van der Waals surface area contributed by atoms with Crippen molar-refractivity contribution in [1.82, 2.24) is 0 Å². The summed E-state index contributed by atoms with van der Waals surface area (Å²) in [6, 6.07) is 7.86. The highest BCUT2D eigenvalue weighted by Gasteiger charge is 2.17. The summed E-state index contributed by atoms with van der Waals surface area (Å²) in [5, 5.41) is 0. The standard InChI is InChI=1S/C10H10O2/c11-6-8-5-9-3-1-2-4-10(9)12-7-8/h1-4,6,8H,5,7H2. The number of carbonyl (C=O) groups excluding carboxylic acids is 1. The third kappa shape index (κ3) is 1.20. The summed E-state index contributed by atoms with van der Waals surface area (Å²) < 4.78 is 5.40. The number of aldehydes is 1. The zero-order valence-electron chi connectivity index (χ0n) is 6.69. The Labute approximate surface area is 71.2 Å². The maximum atomic E-state index is 10.5. The fourth-order valence-corrected chi connectivity index (χ4v) is 1.44. The monoisotopic (exact) mass is 162 g/mol. The van der Waals surface area contributed by atoms with Crippen LogP contribution in [-0.2, 0) is 11.2 Å².